The van der Waals surface area contributed by atoms with Crippen molar-refractivity contribution in [2.45, 2.75) is 45.4 Å². The predicted octanol–water partition coefficient (Wildman–Crippen LogP) is 4.61. The monoisotopic (exact) mass is 430 g/mol. The molecule has 0 spiro atoms. The maximum atomic E-state index is 12.8. The predicted molar refractivity (Wildman–Crippen MR) is 121 cm³/mol. The van der Waals surface area contributed by atoms with Crippen molar-refractivity contribution in [3.8, 4) is 11.4 Å². The highest BCUT2D eigenvalue weighted by Crippen LogP contribution is 2.36. The van der Waals surface area contributed by atoms with Gasteiger partial charge in [0.1, 0.15) is 0 Å². The van der Waals surface area contributed by atoms with Crippen molar-refractivity contribution in [2.75, 3.05) is 16.8 Å². The Kier molecular flexibility index (Phi) is 5.25. The summed E-state index contributed by atoms with van der Waals surface area (Å²) in [5, 5.41) is 7.10. The molecule has 2 fully saturated rings. The van der Waals surface area contributed by atoms with Crippen LogP contribution < -0.4 is 10.2 Å². The fourth-order valence-electron chi connectivity index (χ4n) is 4.41. The highest BCUT2D eigenvalue weighted by Gasteiger charge is 2.35. The lowest BCUT2D eigenvalue weighted by Crippen LogP contribution is -2.28. The Morgan fingerprint density at radius 2 is 1.91 bits per heavy atom. The molecule has 1 atom stereocenters. The van der Waals surface area contributed by atoms with E-state index in [4.69, 9.17) is 4.52 Å². The van der Waals surface area contributed by atoms with Crippen LogP contribution in [0.3, 0.4) is 0 Å². The first kappa shape index (κ1) is 20.4. The van der Waals surface area contributed by atoms with E-state index in [1.807, 2.05) is 50.2 Å². The number of nitrogens with zero attached hydrogens (tertiary/aromatic N) is 3. The van der Waals surface area contributed by atoms with Gasteiger partial charge >= 0.3 is 0 Å². The van der Waals surface area contributed by atoms with Gasteiger partial charge < -0.3 is 14.7 Å². The van der Waals surface area contributed by atoms with Gasteiger partial charge in [0.05, 0.1) is 5.92 Å². The normalized spacial score (nSPS) is 18.6. The molecule has 0 bridgehead atoms. The molecule has 7 nitrogen and oxygen atoms in total. The Morgan fingerprint density at radius 1 is 1.12 bits per heavy atom. The molecule has 1 saturated heterocycles. The summed E-state index contributed by atoms with van der Waals surface area (Å²) in [7, 11) is 0. The molecule has 32 heavy (non-hydrogen) atoms. The third kappa shape index (κ3) is 4.02. The molecule has 2 heterocycles. The number of rotatable bonds is 5. The quantitative estimate of drug-likeness (QED) is 0.638. The Labute approximate surface area is 186 Å². The molecule has 1 unspecified atom stereocenters. The van der Waals surface area contributed by atoms with Gasteiger partial charge in [0.15, 0.2) is 0 Å². The summed E-state index contributed by atoms with van der Waals surface area (Å²) >= 11 is 0. The Hall–Kier alpha value is -3.48. The number of aromatic nitrogens is 2. The van der Waals surface area contributed by atoms with Crippen LogP contribution in [-0.4, -0.2) is 28.5 Å². The molecule has 164 valence electrons. The largest absolute Gasteiger partial charge is 0.339 e. The van der Waals surface area contributed by atoms with Crippen LogP contribution in [0.5, 0.6) is 0 Å². The molecule has 1 aliphatic heterocycles. The molecule has 0 radical (unpaired) electrons. The van der Waals surface area contributed by atoms with E-state index in [9.17, 15) is 9.59 Å². The van der Waals surface area contributed by atoms with Crippen molar-refractivity contribution in [1.29, 1.82) is 0 Å². The minimum Gasteiger partial charge on any atom is -0.339 e. The first-order valence-corrected chi connectivity index (χ1v) is 11.1. The second-order valence-corrected chi connectivity index (χ2v) is 8.91. The topological polar surface area (TPSA) is 88.3 Å². The van der Waals surface area contributed by atoms with Crippen LogP contribution in [0, 0.1) is 19.8 Å². The van der Waals surface area contributed by atoms with Gasteiger partial charge in [0.25, 0.3) is 0 Å². The maximum absolute atomic E-state index is 12.8. The molecule has 1 aromatic heterocycles. The number of carbonyl (C=O) groups is 2. The van der Waals surface area contributed by atoms with Gasteiger partial charge in [-0.15, -0.1) is 0 Å². The van der Waals surface area contributed by atoms with E-state index in [0.717, 1.165) is 40.9 Å². The Balaban J connectivity index is 1.30. The van der Waals surface area contributed by atoms with Gasteiger partial charge in [-0.25, -0.2) is 0 Å². The summed E-state index contributed by atoms with van der Waals surface area (Å²) in [6, 6.07) is 13.5. The van der Waals surface area contributed by atoms with E-state index < -0.39 is 5.92 Å². The molecule has 1 saturated carbocycles. The fourth-order valence-corrected chi connectivity index (χ4v) is 4.41. The number of hydrogen-bond donors (Lipinski definition) is 1. The lowest BCUT2D eigenvalue weighted by Gasteiger charge is -2.20. The number of amides is 2. The summed E-state index contributed by atoms with van der Waals surface area (Å²) < 4.78 is 5.44. The number of carbonyl (C=O) groups excluding carboxylic acids is 2. The van der Waals surface area contributed by atoms with E-state index in [2.05, 4.69) is 21.5 Å². The van der Waals surface area contributed by atoms with Gasteiger partial charge in [-0.1, -0.05) is 29.8 Å². The van der Waals surface area contributed by atoms with Crippen LogP contribution in [0.4, 0.5) is 11.4 Å². The van der Waals surface area contributed by atoms with Crippen LogP contribution in [0.1, 0.15) is 48.6 Å². The van der Waals surface area contributed by atoms with E-state index in [0.29, 0.717) is 24.2 Å². The second kappa shape index (κ2) is 8.22. The van der Waals surface area contributed by atoms with Gasteiger partial charge in [-0.2, -0.15) is 4.98 Å². The van der Waals surface area contributed by atoms with Crippen LogP contribution in [0.2, 0.25) is 0 Å². The van der Waals surface area contributed by atoms with Crippen LogP contribution in [0.25, 0.3) is 11.4 Å². The number of aryl methyl sites for hydroxylation is 2. The number of nitrogens with one attached hydrogen (secondary N) is 1. The number of benzene rings is 2. The third-order valence-corrected chi connectivity index (χ3v) is 6.30. The number of hydrogen-bond acceptors (Lipinski definition) is 5. The molecule has 1 aliphatic carbocycles. The molecular weight excluding hydrogens is 404 g/mol. The molecule has 3 aromatic rings. The highest BCUT2D eigenvalue weighted by molar-refractivity contribution is 6.03. The molecular formula is C25H26N4O3. The maximum Gasteiger partial charge on any atom is 0.230 e. The Bertz CT molecular complexity index is 1160. The highest BCUT2D eigenvalue weighted by atomic mass is 16.5. The fraction of sp³-hybridized carbons (Fsp3) is 0.360. The number of anilines is 2. The van der Waals surface area contributed by atoms with Crippen molar-refractivity contribution >= 4 is 23.2 Å². The van der Waals surface area contributed by atoms with Crippen molar-refractivity contribution in [3.05, 3.63) is 59.5 Å². The minimum absolute atomic E-state index is 0.0639. The zero-order valence-electron chi connectivity index (χ0n) is 18.3. The second-order valence-electron chi connectivity index (χ2n) is 8.91. The summed E-state index contributed by atoms with van der Waals surface area (Å²) in [5.41, 5.74) is 4.48. The van der Waals surface area contributed by atoms with Crippen LogP contribution in [0.15, 0.2) is 47.0 Å². The summed E-state index contributed by atoms with van der Waals surface area (Å²) in [6.07, 6.45) is 3.58. The van der Waals surface area contributed by atoms with E-state index >= 15 is 0 Å². The first-order valence-electron chi connectivity index (χ1n) is 11.1. The molecule has 2 amide bonds. The van der Waals surface area contributed by atoms with Gasteiger partial charge in [-0.05, 0) is 62.1 Å². The molecule has 2 aromatic carbocycles. The summed E-state index contributed by atoms with van der Waals surface area (Å²) in [4.78, 5) is 31.8. The van der Waals surface area contributed by atoms with E-state index in [-0.39, 0.29) is 18.2 Å². The lowest BCUT2D eigenvalue weighted by atomic mass is 9.85. The zero-order valence-corrected chi connectivity index (χ0v) is 18.3. The SMILES string of the molecule is Cc1cc(C)cc(NC(=O)C2CC(=O)N(c3cccc(-c4noc(C5CCC5)n4)c3)C2)c1. The molecule has 1 N–H and O–H groups in total. The zero-order chi connectivity index (χ0) is 22.2. The Morgan fingerprint density at radius 3 is 2.62 bits per heavy atom. The van der Waals surface area contributed by atoms with Crippen LogP contribution in [-0.2, 0) is 9.59 Å². The van der Waals surface area contributed by atoms with Crippen molar-refractivity contribution in [3.63, 3.8) is 0 Å². The standard InChI is InChI=1S/C25H26N4O3/c1-15-9-16(2)11-20(10-15)26-24(31)19-13-22(30)29(14-19)21-8-4-7-18(12-21)23-27-25(32-28-23)17-5-3-6-17/h4,7-12,17,19H,3,5-6,13-14H2,1-2H3,(H,26,31). The molecule has 5 rings (SSSR count). The van der Waals surface area contributed by atoms with Gasteiger partial charge in [-0.3, -0.25) is 9.59 Å². The lowest BCUT2D eigenvalue weighted by molar-refractivity contribution is -0.122. The van der Waals surface area contributed by atoms with Crippen LogP contribution >= 0.6 is 0 Å². The van der Waals surface area contributed by atoms with Crippen molar-refractivity contribution < 1.29 is 14.1 Å². The molecule has 2 aliphatic rings. The summed E-state index contributed by atoms with van der Waals surface area (Å²) in [6.45, 7) is 4.34. The smallest absolute Gasteiger partial charge is 0.230 e. The minimum atomic E-state index is -0.401. The van der Waals surface area contributed by atoms with Gasteiger partial charge in [0.2, 0.25) is 23.5 Å². The third-order valence-electron chi connectivity index (χ3n) is 6.30. The van der Waals surface area contributed by atoms with E-state index in [1.165, 1.54) is 6.42 Å². The summed E-state index contributed by atoms with van der Waals surface area (Å²) in [5.74, 6) is 0.997. The van der Waals surface area contributed by atoms with Crippen molar-refractivity contribution in [2.24, 2.45) is 5.92 Å². The average molecular weight is 431 g/mol. The average Bonchev–Trinajstić information content (AvgIpc) is 3.33. The van der Waals surface area contributed by atoms with Gasteiger partial charge in [0, 0.05) is 35.8 Å². The first-order chi connectivity index (χ1) is 15.5. The molecule has 7 heteroatoms. The van der Waals surface area contributed by atoms with Crippen molar-refractivity contribution in [1.82, 2.24) is 10.1 Å². The van der Waals surface area contributed by atoms with E-state index in [1.54, 1.807) is 4.90 Å².